The zero-order chi connectivity index (χ0) is 78.1. The lowest BCUT2D eigenvalue weighted by atomic mass is 9.67. The van der Waals surface area contributed by atoms with E-state index in [4.69, 9.17) is 38.7 Å². The Kier molecular flexibility index (Phi) is 16.9. The molecule has 0 saturated carbocycles. The Hall–Kier alpha value is -15.6. The van der Waals surface area contributed by atoms with E-state index in [2.05, 4.69) is 340 Å². The predicted molar refractivity (Wildman–Crippen MR) is 478 cm³/mol. The monoisotopic (exact) mass is 1510 g/mol. The van der Waals surface area contributed by atoms with Gasteiger partial charge in [-0.3, -0.25) is 0 Å². The lowest BCUT2D eigenvalue weighted by Crippen LogP contribution is -2.28. The van der Waals surface area contributed by atoms with Crippen LogP contribution >= 0.6 is 0 Å². The van der Waals surface area contributed by atoms with Crippen molar-refractivity contribution in [3.8, 4) is 124 Å². The first-order valence-electron chi connectivity index (χ1n) is 39.9. The predicted octanol–water partition coefficient (Wildman–Crippen LogP) is 27.3. The van der Waals surface area contributed by atoms with Crippen molar-refractivity contribution in [1.82, 2.24) is 29.9 Å². The van der Waals surface area contributed by atoms with Crippen molar-refractivity contribution in [2.75, 3.05) is 0 Å². The summed E-state index contributed by atoms with van der Waals surface area (Å²) in [6.07, 6.45) is 0. The van der Waals surface area contributed by atoms with Gasteiger partial charge in [0.05, 0.1) is 10.8 Å². The SMILES string of the molecule is c1ccc(-c2cccc(-c3nc(-c4cccc(-c5ccccc5)c4)nc(-c4ccc5oc6cc(C7(c8ccccc8)c8ccccc8-c8ccccc87)ccc6c5c4)n3)c2)cc1.c1ccc(-c2nc(-c3ccccc3)nc(-c3ccccc3-c3ccc4oc5cc(C6(c7ccccc7)c7ccccc7-c7ccccc76)ccc5c4c3)n2)cc1. The highest BCUT2D eigenvalue weighted by Crippen LogP contribution is 2.59. The van der Waals surface area contributed by atoms with E-state index in [1.807, 2.05) is 84.9 Å². The molecule has 0 saturated heterocycles. The van der Waals surface area contributed by atoms with Crippen molar-refractivity contribution in [3.05, 3.63) is 469 Å². The second kappa shape index (κ2) is 28.8. The second-order valence-corrected chi connectivity index (χ2v) is 30.2. The van der Waals surface area contributed by atoms with Gasteiger partial charge in [-0.25, -0.2) is 29.9 Å². The van der Waals surface area contributed by atoms with Crippen LogP contribution in [0.15, 0.2) is 433 Å². The van der Waals surface area contributed by atoms with E-state index in [0.717, 1.165) is 116 Å². The number of benzene rings is 17. The maximum atomic E-state index is 6.74. The molecule has 4 heterocycles. The first kappa shape index (κ1) is 69.1. The van der Waals surface area contributed by atoms with E-state index >= 15 is 0 Å². The summed E-state index contributed by atoms with van der Waals surface area (Å²) in [5.74, 6) is 3.71. The summed E-state index contributed by atoms with van der Waals surface area (Å²) in [7, 11) is 0. The lowest BCUT2D eigenvalue weighted by molar-refractivity contribution is 0.665. The molecule has 2 aliphatic rings. The van der Waals surface area contributed by atoms with Crippen LogP contribution in [-0.2, 0) is 10.8 Å². The van der Waals surface area contributed by atoms with E-state index in [0.29, 0.717) is 34.9 Å². The molecule has 118 heavy (non-hydrogen) atoms. The molecular weight excluding hydrogens is 1440 g/mol. The molecule has 552 valence electrons. The fraction of sp³-hybridized carbons (Fsp3) is 0.0182. The summed E-state index contributed by atoms with van der Waals surface area (Å²) >= 11 is 0. The molecule has 8 nitrogen and oxygen atoms in total. The van der Waals surface area contributed by atoms with Gasteiger partial charge in [0.15, 0.2) is 34.9 Å². The average Bonchev–Trinajstić information content (AvgIpc) is 1.55. The molecule has 17 aromatic carbocycles. The number of furan rings is 2. The molecule has 0 radical (unpaired) electrons. The molecule has 2 aliphatic carbocycles. The van der Waals surface area contributed by atoms with Gasteiger partial charge in [-0.2, -0.15) is 0 Å². The number of hydrogen-bond donors (Lipinski definition) is 0. The van der Waals surface area contributed by atoms with Crippen LogP contribution in [0.2, 0.25) is 0 Å². The van der Waals surface area contributed by atoms with Gasteiger partial charge in [0.2, 0.25) is 0 Å². The fourth-order valence-corrected chi connectivity index (χ4v) is 18.3. The Morgan fingerprint density at radius 3 is 0.839 bits per heavy atom. The summed E-state index contributed by atoms with van der Waals surface area (Å²) in [6.45, 7) is 0. The van der Waals surface area contributed by atoms with E-state index in [1.54, 1.807) is 0 Å². The van der Waals surface area contributed by atoms with Gasteiger partial charge >= 0.3 is 0 Å². The molecular formula is C110H70N6O2. The maximum Gasteiger partial charge on any atom is 0.164 e. The van der Waals surface area contributed by atoms with Gasteiger partial charge in [-0.15, -0.1) is 0 Å². The topological polar surface area (TPSA) is 104 Å². The van der Waals surface area contributed by atoms with Crippen molar-refractivity contribution in [2.24, 2.45) is 0 Å². The molecule has 0 fully saturated rings. The van der Waals surface area contributed by atoms with Crippen LogP contribution in [0, 0.1) is 0 Å². The maximum absolute atomic E-state index is 6.74. The third-order valence-corrected chi connectivity index (χ3v) is 23.7. The van der Waals surface area contributed by atoms with Gasteiger partial charge in [0, 0.05) is 54.9 Å². The van der Waals surface area contributed by atoms with Crippen molar-refractivity contribution >= 4 is 43.9 Å². The van der Waals surface area contributed by atoms with Gasteiger partial charge in [0.1, 0.15) is 22.3 Å². The van der Waals surface area contributed by atoms with Crippen molar-refractivity contribution in [3.63, 3.8) is 0 Å². The third-order valence-electron chi connectivity index (χ3n) is 23.7. The van der Waals surface area contributed by atoms with Crippen LogP contribution in [0.25, 0.3) is 168 Å². The molecule has 23 rings (SSSR count). The van der Waals surface area contributed by atoms with Crippen LogP contribution in [0.4, 0.5) is 0 Å². The zero-order valence-corrected chi connectivity index (χ0v) is 63.9. The minimum Gasteiger partial charge on any atom is -0.456 e. The molecule has 8 heteroatoms. The summed E-state index contributed by atoms with van der Waals surface area (Å²) in [4.78, 5) is 30.5. The largest absolute Gasteiger partial charge is 0.456 e. The first-order valence-corrected chi connectivity index (χ1v) is 39.9. The highest BCUT2D eigenvalue weighted by molar-refractivity contribution is 6.09. The normalized spacial score (nSPS) is 12.7. The molecule has 0 aliphatic heterocycles. The molecule has 0 bridgehead atoms. The second-order valence-electron chi connectivity index (χ2n) is 30.2. The Balaban J connectivity index is 0.000000143. The number of nitrogens with zero attached hydrogens (tertiary/aromatic N) is 6. The first-order chi connectivity index (χ1) is 58.5. The van der Waals surface area contributed by atoms with Crippen LogP contribution in [0.5, 0.6) is 0 Å². The molecule has 0 N–H and O–H groups in total. The standard InChI is InChI=1S/C58H37N3O.C52H33N3O/c1-4-16-38(17-5-1)40-20-14-22-42(34-40)55-59-56(43-23-15-21-41(35-43)39-18-6-2-7-19-39)61-57(60-55)44-30-33-53-50(36-44)49-32-31-46(37-54(49)62-53)58(45-24-8-3-9-25-45)51-28-12-10-26-47(51)48-27-11-13-29-52(48)58;1-4-16-34(17-5-1)49-53-50(35-18-6-2-7-19-35)55-51(54-49)43-25-11-10-22-39(43)36-28-31-47-44(32-36)42-30-29-38(33-48(42)56-47)52(37-20-8-3-9-21-37)45-26-14-12-23-40(45)41-24-13-15-27-46(41)52/h1-37H;1-33H. The van der Waals surface area contributed by atoms with Crippen molar-refractivity contribution in [1.29, 1.82) is 0 Å². The highest BCUT2D eigenvalue weighted by atomic mass is 16.3. The van der Waals surface area contributed by atoms with Gasteiger partial charge in [-0.1, -0.05) is 370 Å². The van der Waals surface area contributed by atoms with Gasteiger partial charge in [0.25, 0.3) is 0 Å². The molecule has 0 atom stereocenters. The Bertz CT molecular complexity index is 7180. The van der Waals surface area contributed by atoms with Crippen molar-refractivity contribution < 1.29 is 8.83 Å². The average molecular weight is 1510 g/mol. The van der Waals surface area contributed by atoms with E-state index in [9.17, 15) is 0 Å². The fourth-order valence-electron chi connectivity index (χ4n) is 18.3. The minimum atomic E-state index is -0.514. The van der Waals surface area contributed by atoms with Crippen LogP contribution in [-0.4, -0.2) is 29.9 Å². The molecule has 0 unspecified atom stereocenters. The number of aromatic nitrogens is 6. The number of fused-ring (bicyclic) bond motifs is 12. The lowest BCUT2D eigenvalue weighted by Gasteiger charge is -2.33. The van der Waals surface area contributed by atoms with Crippen LogP contribution < -0.4 is 0 Å². The smallest absolute Gasteiger partial charge is 0.164 e. The van der Waals surface area contributed by atoms with Gasteiger partial charge in [-0.05, 0) is 155 Å². The summed E-state index contributed by atoms with van der Waals surface area (Å²) in [5.41, 5.74) is 29.4. The molecule has 21 aromatic rings. The minimum absolute atomic E-state index is 0.493. The molecule has 4 aromatic heterocycles. The molecule has 0 amide bonds. The van der Waals surface area contributed by atoms with Crippen molar-refractivity contribution in [2.45, 2.75) is 10.8 Å². The highest BCUT2D eigenvalue weighted by Gasteiger charge is 2.48. The van der Waals surface area contributed by atoms with E-state index in [1.165, 1.54) is 61.2 Å². The zero-order valence-electron chi connectivity index (χ0n) is 63.9. The Morgan fingerprint density at radius 2 is 0.441 bits per heavy atom. The van der Waals surface area contributed by atoms with Crippen LogP contribution in [0.1, 0.15) is 44.5 Å². The van der Waals surface area contributed by atoms with Crippen LogP contribution in [0.3, 0.4) is 0 Å². The number of rotatable bonds is 13. The number of hydrogen-bond acceptors (Lipinski definition) is 8. The Labute approximate surface area is 682 Å². The summed E-state index contributed by atoms with van der Waals surface area (Å²) in [6, 6.07) is 150. The van der Waals surface area contributed by atoms with E-state index < -0.39 is 10.8 Å². The summed E-state index contributed by atoms with van der Waals surface area (Å²) in [5, 5.41) is 4.17. The van der Waals surface area contributed by atoms with E-state index in [-0.39, 0.29) is 0 Å². The Morgan fingerprint density at radius 1 is 0.153 bits per heavy atom. The third kappa shape index (κ3) is 11.7. The molecule has 0 spiro atoms. The summed E-state index contributed by atoms with van der Waals surface area (Å²) < 4.78 is 13.5. The quantitative estimate of drug-likeness (QED) is 0.112. The van der Waals surface area contributed by atoms with Gasteiger partial charge < -0.3 is 8.83 Å².